The van der Waals surface area contributed by atoms with Crippen molar-refractivity contribution in [2.75, 3.05) is 0 Å². The quantitative estimate of drug-likeness (QED) is 0.368. The first-order chi connectivity index (χ1) is 8.58. The lowest BCUT2D eigenvalue weighted by Gasteiger charge is -2.17. The third kappa shape index (κ3) is 7.83. The highest BCUT2D eigenvalue weighted by Gasteiger charge is 2.45. The summed E-state index contributed by atoms with van der Waals surface area (Å²) in [6, 6.07) is 0. The zero-order chi connectivity index (χ0) is 13.9. The molecule has 0 rings (SSSR count). The van der Waals surface area contributed by atoms with Crippen LogP contribution < -0.4 is 0 Å². The van der Waals surface area contributed by atoms with E-state index in [1.807, 2.05) is 27.7 Å². The molecule has 0 aromatic rings. The number of nitrogens with zero attached hydrogens (tertiary/aromatic N) is 3. The van der Waals surface area contributed by atoms with Crippen LogP contribution >= 0.6 is 0 Å². The molecule has 0 atom stereocenters. The average molecular weight is 273 g/mol. The van der Waals surface area contributed by atoms with Gasteiger partial charge in [-0.1, -0.05) is 20.8 Å². The van der Waals surface area contributed by atoms with E-state index < -0.39 is 8.80 Å². The minimum absolute atomic E-state index is 0.778. The fraction of sp³-hybridized carbons (Fsp3) is 0.727. The van der Waals surface area contributed by atoms with Crippen LogP contribution in [-0.2, 0) is 13.6 Å². The fourth-order valence-corrected chi connectivity index (χ4v) is 1.64. The van der Waals surface area contributed by atoms with E-state index in [9.17, 15) is 0 Å². The summed E-state index contributed by atoms with van der Waals surface area (Å²) in [5, 5.41) is 11.5. The first-order valence-corrected chi connectivity index (χ1v) is 8.42. The molecule has 6 nitrogen and oxygen atoms in total. The van der Waals surface area contributed by atoms with Gasteiger partial charge in [0.2, 0.25) is 0 Å². The highest BCUT2D eigenvalue weighted by atomic mass is 28.4. The van der Waals surface area contributed by atoms with Crippen LogP contribution in [0.15, 0.2) is 15.5 Å². The predicted octanol–water partition coefficient (Wildman–Crippen LogP) is 3.18. The Labute approximate surface area is 110 Å². The Morgan fingerprint density at radius 2 is 1.50 bits per heavy atom. The lowest BCUT2D eigenvalue weighted by molar-refractivity contribution is 0.0735. The topological polar surface area (TPSA) is 64.8 Å². The minimum atomic E-state index is -2.99. The molecule has 0 aliphatic heterocycles. The van der Waals surface area contributed by atoms with E-state index in [1.165, 1.54) is 0 Å². The van der Waals surface area contributed by atoms with Crippen LogP contribution in [0.2, 0.25) is 6.55 Å². The molecular formula is C11H23N3O3Si. The zero-order valence-electron chi connectivity index (χ0n) is 11.8. The molecule has 7 heteroatoms. The van der Waals surface area contributed by atoms with Crippen LogP contribution in [0.3, 0.4) is 0 Å². The highest BCUT2D eigenvalue weighted by Crippen LogP contribution is 2.11. The van der Waals surface area contributed by atoms with E-state index in [4.69, 9.17) is 13.6 Å². The average Bonchev–Trinajstić information content (AvgIpc) is 2.37. The maximum Gasteiger partial charge on any atom is 0.759 e. The largest absolute Gasteiger partial charge is 0.759 e. The smallest absolute Gasteiger partial charge is 0.374 e. The van der Waals surface area contributed by atoms with E-state index in [0.717, 1.165) is 25.0 Å². The van der Waals surface area contributed by atoms with Gasteiger partial charge in [0.15, 0.2) is 0 Å². The molecule has 0 aromatic heterocycles. The van der Waals surface area contributed by atoms with Crippen LogP contribution in [0.5, 0.6) is 0 Å². The van der Waals surface area contributed by atoms with E-state index in [-0.39, 0.29) is 0 Å². The third-order valence-electron chi connectivity index (χ3n) is 1.83. The molecule has 0 radical (unpaired) electrons. The maximum absolute atomic E-state index is 5.33. The Morgan fingerprint density at radius 3 is 1.89 bits per heavy atom. The molecule has 0 fully saturated rings. The molecule has 0 bridgehead atoms. The van der Waals surface area contributed by atoms with Crippen LogP contribution in [-0.4, -0.2) is 26.9 Å². The van der Waals surface area contributed by atoms with E-state index in [0.29, 0.717) is 0 Å². The van der Waals surface area contributed by atoms with Crippen molar-refractivity contribution in [1.82, 2.24) is 0 Å². The van der Waals surface area contributed by atoms with Gasteiger partial charge >= 0.3 is 8.80 Å². The number of hydrogen-bond donors (Lipinski definition) is 0. The molecule has 0 spiro atoms. The number of rotatable bonds is 9. The summed E-state index contributed by atoms with van der Waals surface area (Å²) in [6.07, 6.45) is 5.64. The predicted molar refractivity (Wildman–Crippen MR) is 75.8 cm³/mol. The van der Waals surface area contributed by atoms with Crippen molar-refractivity contribution >= 4 is 26.9 Å². The summed E-state index contributed by atoms with van der Waals surface area (Å²) in [5.41, 5.74) is 0.861. The monoisotopic (exact) mass is 273 g/mol. The van der Waals surface area contributed by atoms with Crippen LogP contribution in [0.4, 0.5) is 0 Å². The van der Waals surface area contributed by atoms with Crippen molar-refractivity contribution in [1.29, 1.82) is 0 Å². The fourth-order valence-electron chi connectivity index (χ4n) is 0.690. The lowest BCUT2D eigenvalue weighted by Crippen LogP contribution is -2.38. The van der Waals surface area contributed by atoms with Crippen molar-refractivity contribution in [3.8, 4) is 0 Å². The van der Waals surface area contributed by atoms with Crippen molar-refractivity contribution < 1.29 is 13.6 Å². The van der Waals surface area contributed by atoms with Crippen LogP contribution in [0, 0.1) is 0 Å². The molecule has 18 heavy (non-hydrogen) atoms. The molecule has 0 amide bonds. The van der Waals surface area contributed by atoms with Gasteiger partial charge in [-0.2, -0.15) is 0 Å². The van der Waals surface area contributed by atoms with Gasteiger partial charge in [0.1, 0.15) is 0 Å². The first-order valence-electron chi connectivity index (χ1n) is 6.19. The Bertz CT molecular complexity index is 290. The van der Waals surface area contributed by atoms with Gasteiger partial charge in [-0.05, 0) is 26.2 Å². The van der Waals surface area contributed by atoms with Gasteiger partial charge in [0, 0.05) is 19.0 Å². The molecule has 0 aliphatic carbocycles. The minimum Gasteiger partial charge on any atom is -0.374 e. The van der Waals surface area contributed by atoms with E-state index >= 15 is 0 Å². The van der Waals surface area contributed by atoms with Crippen molar-refractivity contribution in [3.63, 3.8) is 0 Å². The molecule has 104 valence electrons. The van der Waals surface area contributed by atoms with Gasteiger partial charge in [-0.15, -0.1) is 15.5 Å². The summed E-state index contributed by atoms with van der Waals surface area (Å²) < 4.78 is 15.8. The summed E-state index contributed by atoms with van der Waals surface area (Å²) in [7, 11) is -2.99. The molecule has 0 saturated carbocycles. The van der Waals surface area contributed by atoms with E-state index in [1.54, 1.807) is 19.0 Å². The molecule has 0 N–H and O–H groups in total. The number of hydrogen-bond acceptors (Lipinski definition) is 6. The summed E-state index contributed by atoms with van der Waals surface area (Å²) in [6.45, 7) is 9.48. The normalized spacial score (nSPS) is 13.3. The Morgan fingerprint density at radius 1 is 1.00 bits per heavy atom. The first kappa shape index (κ1) is 16.6. The molecule has 0 heterocycles. The summed E-state index contributed by atoms with van der Waals surface area (Å²) in [5.74, 6) is 0. The zero-order valence-corrected chi connectivity index (χ0v) is 12.8. The summed E-state index contributed by atoms with van der Waals surface area (Å²) >= 11 is 0. The second-order valence-electron chi connectivity index (χ2n) is 3.71. The van der Waals surface area contributed by atoms with Crippen molar-refractivity contribution in [2.45, 2.75) is 53.5 Å². The molecule has 0 aromatic carbocycles. The van der Waals surface area contributed by atoms with Gasteiger partial charge in [0.05, 0.1) is 5.71 Å². The van der Waals surface area contributed by atoms with Gasteiger partial charge in [-0.25, -0.2) is 0 Å². The Hall–Kier alpha value is -1.37. The maximum atomic E-state index is 5.33. The Balaban J connectivity index is 4.57. The van der Waals surface area contributed by atoms with Crippen LogP contribution in [0.25, 0.3) is 0 Å². The second-order valence-corrected chi connectivity index (χ2v) is 5.98. The standard InChI is InChI=1S/C11H23N3O3Si/c1-6-9-12-15-18(5,16-13-10-7-2)17-14-11(4)8-3/h9-10H,6-8H2,1-5H3/b12-9+,13-10+,14-11+. The van der Waals surface area contributed by atoms with Crippen LogP contribution in [0.1, 0.15) is 47.0 Å². The van der Waals surface area contributed by atoms with E-state index in [2.05, 4.69) is 15.5 Å². The SMILES string of the molecule is CC/C=N/O[Si](C)(O/N=C/CC)O/N=C(\C)CC. The number of oxime groups is 3. The van der Waals surface area contributed by atoms with Crippen molar-refractivity contribution in [2.24, 2.45) is 15.5 Å². The second kappa shape index (κ2) is 9.64. The van der Waals surface area contributed by atoms with Gasteiger partial charge < -0.3 is 13.6 Å². The van der Waals surface area contributed by atoms with Gasteiger partial charge in [0.25, 0.3) is 0 Å². The lowest BCUT2D eigenvalue weighted by atomic mass is 10.3. The molecule has 0 saturated heterocycles. The Kier molecular flexibility index (Phi) is 8.90. The van der Waals surface area contributed by atoms with Gasteiger partial charge in [-0.3, -0.25) is 0 Å². The van der Waals surface area contributed by atoms with Crippen molar-refractivity contribution in [3.05, 3.63) is 0 Å². The molecule has 0 unspecified atom stereocenters. The highest BCUT2D eigenvalue weighted by molar-refractivity contribution is 6.59. The summed E-state index contributed by atoms with van der Waals surface area (Å²) in [4.78, 5) is 0. The molecular weight excluding hydrogens is 250 g/mol. The molecule has 0 aliphatic rings. The third-order valence-corrected chi connectivity index (χ3v) is 3.13.